The van der Waals surface area contributed by atoms with Crippen LogP contribution in [-0.4, -0.2) is 21.1 Å². The summed E-state index contributed by atoms with van der Waals surface area (Å²) in [5.41, 5.74) is 2.05. The van der Waals surface area contributed by atoms with Gasteiger partial charge in [0.15, 0.2) is 0 Å². The minimum absolute atomic E-state index is 0.190. The van der Waals surface area contributed by atoms with Crippen LogP contribution in [-0.2, 0) is 0 Å². The van der Waals surface area contributed by atoms with Crippen LogP contribution in [0, 0.1) is 0 Å². The highest BCUT2D eigenvalue weighted by Crippen LogP contribution is 2.21. The van der Waals surface area contributed by atoms with E-state index in [0.717, 1.165) is 10.9 Å². The summed E-state index contributed by atoms with van der Waals surface area (Å²) >= 11 is 3.24. The van der Waals surface area contributed by atoms with Crippen molar-refractivity contribution in [3.63, 3.8) is 0 Å². The number of hydrogen-bond acceptors (Lipinski definition) is 3. The number of rotatable bonds is 2. The first-order chi connectivity index (χ1) is 9.24. The van der Waals surface area contributed by atoms with Gasteiger partial charge in [-0.05, 0) is 34.1 Å². The average Bonchev–Trinajstić information content (AvgIpc) is 2.88. The van der Waals surface area contributed by atoms with E-state index in [1.807, 2.05) is 18.2 Å². The molecule has 94 valence electrons. The largest absolute Gasteiger partial charge is 0.320 e. The SMILES string of the molecule is O=C(Nc1cccc2cn[nH]c12)c1ccnc(Br)c1. The highest BCUT2D eigenvalue weighted by molar-refractivity contribution is 9.10. The average molecular weight is 317 g/mol. The molecule has 0 saturated carbocycles. The molecule has 0 spiro atoms. The summed E-state index contributed by atoms with van der Waals surface area (Å²) in [5, 5.41) is 10.6. The maximum absolute atomic E-state index is 12.1. The second kappa shape index (κ2) is 4.81. The molecule has 2 heterocycles. The van der Waals surface area contributed by atoms with Crippen LogP contribution in [0.5, 0.6) is 0 Å². The van der Waals surface area contributed by atoms with Crippen LogP contribution in [0.3, 0.4) is 0 Å². The second-order valence-electron chi connectivity index (χ2n) is 3.96. The number of anilines is 1. The van der Waals surface area contributed by atoms with Gasteiger partial charge >= 0.3 is 0 Å². The molecule has 0 aliphatic heterocycles. The molecule has 1 aromatic carbocycles. The summed E-state index contributed by atoms with van der Waals surface area (Å²) in [6, 6.07) is 8.96. The lowest BCUT2D eigenvalue weighted by Crippen LogP contribution is -2.12. The fraction of sp³-hybridized carbons (Fsp3) is 0. The Kier molecular flexibility index (Phi) is 3.00. The number of aromatic amines is 1. The smallest absolute Gasteiger partial charge is 0.255 e. The summed E-state index contributed by atoms with van der Waals surface area (Å²) in [7, 11) is 0. The summed E-state index contributed by atoms with van der Waals surface area (Å²) in [6.07, 6.45) is 3.30. The van der Waals surface area contributed by atoms with Crippen molar-refractivity contribution >= 4 is 38.4 Å². The van der Waals surface area contributed by atoms with Crippen molar-refractivity contribution in [1.29, 1.82) is 0 Å². The van der Waals surface area contributed by atoms with Crippen molar-refractivity contribution in [2.24, 2.45) is 0 Å². The van der Waals surface area contributed by atoms with Gasteiger partial charge in [-0.25, -0.2) is 4.98 Å². The van der Waals surface area contributed by atoms with Gasteiger partial charge in [-0.1, -0.05) is 12.1 Å². The van der Waals surface area contributed by atoms with E-state index in [4.69, 9.17) is 0 Å². The van der Waals surface area contributed by atoms with E-state index in [-0.39, 0.29) is 5.91 Å². The lowest BCUT2D eigenvalue weighted by molar-refractivity contribution is 0.102. The Morgan fingerprint density at radius 2 is 2.21 bits per heavy atom. The molecular weight excluding hydrogens is 308 g/mol. The lowest BCUT2D eigenvalue weighted by Gasteiger charge is -2.06. The zero-order chi connectivity index (χ0) is 13.2. The molecule has 0 aliphatic rings. The highest BCUT2D eigenvalue weighted by atomic mass is 79.9. The van der Waals surface area contributed by atoms with Gasteiger partial charge in [0.2, 0.25) is 0 Å². The van der Waals surface area contributed by atoms with E-state index in [1.54, 1.807) is 24.5 Å². The molecule has 6 heteroatoms. The van der Waals surface area contributed by atoms with Crippen molar-refractivity contribution in [3.05, 3.63) is 52.9 Å². The van der Waals surface area contributed by atoms with Gasteiger partial charge < -0.3 is 5.32 Å². The van der Waals surface area contributed by atoms with Crippen molar-refractivity contribution in [3.8, 4) is 0 Å². The topological polar surface area (TPSA) is 70.7 Å². The Morgan fingerprint density at radius 3 is 3.05 bits per heavy atom. The van der Waals surface area contributed by atoms with E-state index >= 15 is 0 Å². The molecule has 0 radical (unpaired) electrons. The number of fused-ring (bicyclic) bond motifs is 1. The van der Waals surface area contributed by atoms with Crippen LogP contribution < -0.4 is 5.32 Å². The van der Waals surface area contributed by atoms with E-state index in [0.29, 0.717) is 15.9 Å². The molecule has 3 rings (SSSR count). The molecule has 0 fully saturated rings. The van der Waals surface area contributed by atoms with Gasteiger partial charge in [0.05, 0.1) is 17.4 Å². The lowest BCUT2D eigenvalue weighted by atomic mass is 10.2. The summed E-state index contributed by atoms with van der Waals surface area (Å²) < 4.78 is 0.625. The number of carbonyl (C=O) groups is 1. The van der Waals surface area contributed by atoms with Gasteiger partial charge in [-0.2, -0.15) is 5.10 Å². The van der Waals surface area contributed by atoms with Gasteiger partial charge in [0, 0.05) is 17.1 Å². The molecular formula is C13H9BrN4O. The van der Waals surface area contributed by atoms with Gasteiger partial charge in [-0.15, -0.1) is 0 Å². The molecule has 0 atom stereocenters. The van der Waals surface area contributed by atoms with Crippen LogP contribution in [0.4, 0.5) is 5.69 Å². The number of carbonyl (C=O) groups excluding carboxylic acids is 1. The normalized spacial score (nSPS) is 10.6. The van der Waals surface area contributed by atoms with Crippen molar-refractivity contribution < 1.29 is 4.79 Å². The number of hydrogen-bond donors (Lipinski definition) is 2. The molecule has 5 nitrogen and oxygen atoms in total. The summed E-state index contributed by atoms with van der Waals surface area (Å²) in [5.74, 6) is -0.190. The fourth-order valence-corrected chi connectivity index (χ4v) is 2.18. The molecule has 2 N–H and O–H groups in total. The van der Waals surface area contributed by atoms with Gasteiger partial charge in [0.25, 0.3) is 5.91 Å². The monoisotopic (exact) mass is 316 g/mol. The molecule has 3 aromatic rings. The standard InChI is InChI=1S/C13H9BrN4O/c14-11-6-8(4-5-15-11)13(19)17-10-3-1-2-9-7-16-18-12(9)10/h1-7H,(H,16,18)(H,17,19). The molecule has 19 heavy (non-hydrogen) atoms. The predicted octanol–water partition coefficient (Wildman–Crippen LogP) is 2.97. The first kappa shape index (κ1) is 11.9. The first-order valence-corrected chi connectivity index (χ1v) is 6.38. The quantitative estimate of drug-likeness (QED) is 0.714. The molecule has 2 aromatic heterocycles. The number of benzene rings is 1. The number of aromatic nitrogens is 3. The third kappa shape index (κ3) is 2.34. The number of para-hydroxylation sites is 1. The first-order valence-electron chi connectivity index (χ1n) is 5.59. The maximum atomic E-state index is 12.1. The Hall–Kier alpha value is -2.21. The summed E-state index contributed by atoms with van der Waals surface area (Å²) in [6.45, 7) is 0. The van der Waals surface area contributed by atoms with E-state index < -0.39 is 0 Å². The summed E-state index contributed by atoms with van der Waals surface area (Å²) in [4.78, 5) is 16.1. The van der Waals surface area contributed by atoms with E-state index in [2.05, 4.69) is 36.4 Å². The zero-order valence-electron chi connectivity index (χ0n) is 9.72. The maximum Gasteiger partial charge on any atom is 0.255 e. The Bertz CT molecular complexity index is 753. The van der Waals surface area contributed by atoms with Crippen LogP contribution in [0.25, 0.3) is 10.9 Å². The molecule has 1 amide bonds. The van der Waals surface area contributed by atoms with Crippen molar-refractivity contribution in [2.75, 3.05) is 5.32 Å². The van der Waals surface area contributed by atoms with Crippen LogP contribution in [0.15, 0.2) is 47.3 Å². The van der Waals surface area contributed by atoms with E-state index in [1.165, 1.54) is 0 Å². The van der Waals surface area contributed by atoms with Gasteiger partial charge in [-0.3, -0.25) is 9.89 Å². The molecule has 0 unspecified atom stereocenters. The Balaban J connectivity index is 1.93. The number of pyridine rings is 1. The Morgan fingerprint density at radius 1 is 1.32 bits per heavy atom. The zero-order valence-corrected chi connectivity index (χ0v) is 11.3. The van der Waals surface area contributed by atoms with Crippen LogP contribution in [0.1, 0.15) is 10.4 Å². The molecule has 0 saturated heterocycles. The third-order valence-corrected chi connectivity index (χ3v) is 3.15. The number of amides is 1. The van der Waals surface area contributed by atoms with Crippen LogP contribution >= 0.6 is 15.9 Å². The van der Waals surface area contributed by atoms with E-state index in [9.17, 15) is 4.79 Å². The Labute approximate surface area is 117 Å². The minimum Gasteiger partial charge on any atom is -0.320 e. The highest BCUT2D eigenvalue weighted by Gasteiger charge is 2.09. The second-order valence-corrected chi connectivity index (χ2v) is 4.77. The minimum atomic E-state index is -0.190. The molecule has 0 aliphatic carbocycles. The van der Waals surface area contributed by atoms with Gasteiger partial charge in [0.1, 0.15) is 4.60 Å². The third-order valence-electron chi connectivity index (χ3n) is 2.71. The van der Waals surface area contributed by atoms with Crippen LogP contribution in [0.2, 0.25) is 0 Å². The molecule has 0 bridgehead atoms. The van der Waals surface area contributed by atoms with Crippen molar-refractivity contribution in [2.45, 2.75) is 0 Å². The number of H-pyrrole nitrogens is 1. The number of nitrogens with zero attached hydrogens (tertiary/aromatic N) is 2. The predicted molar refractivity (Wildman–Crippen MR) is 76.0 cm³/mol. The fourth-order valence-electron chi connectivity index (χ4n) is 1.81. The number of halogens is 1. The van der Waals surface area contributed by atoms with Crippen molar-refractivity contribution in [1.82, 2.24) is 15.2 Å². The number of nitrogens with one attached hydrogen (secondary N) is 2.